The summed E-state index contributed by atoms with van der Waals surface area (Å²) in [5.41, 5.74) is 4.80. The van der Waals surface area contributed by atoms with E-state index in [0.717, 1.165) is 18.8 Å². The smallest absolute Gasteiger partial charge is 0.224 e. The van der Waals surface area contributed by atoms with E-state index in [1.165, 1.54) is 25.7 Å². The van der Waals surface area contributed by atoms with Crippen LogP contribution >= 0.6 is 0 Å². The summed E-state index contributed by atoms with van der Waals surface area (Å²) in [5.74, 6) is -0.00194. The molecule has 0 radical (unpaired) electrons. The molecule has 0 aromatic carbocycles. The molecule has 0 saturated heterocycles. The van der Waals surface area contributed by atoms with Gasteiger partial charge in [0, 0.05) is 7.05 Å². The van der Waals surface area contributed by atoms with E-state index in [1.807, 2.05) is 13.8 Å². The highest BCUT2D eigenvalue weighted by atomic mass is 16.2. The van der Waals surface area contributed by atoms with Gasteiger partial charge in [-0.15, -0.1) is 0 Å². The third-order valence-corrected chi connectivity index (χ3v) is 4.97. The number of hydrogen-bond donors (Lipinski definition) is 2. The SMILES string of the molecule is CCC(C)(C(N)=O)[C@@H](CCC1CCCC1)C(=O)NC. The van der Waals surface area contributed by atoms with Crippen LogP contribution in [0.2, 0.25) is 0 Å². The molecule has 19 heavy (non-hydrogen) atoms. The average molecular weight is 268 g/mol. The topological polar surface area (TPSA) is 72.2 Å². The molecule has 0 bridgehead atoms. The summed E-state index contributed by atoms with van der Waals surface area (Å²) >= 11 is 0. The molecule has 1 rings (SSSR count). The lowest BCUT2D eigenvalue weighted by Gasteiger charge is -2.33. The second kappa shape index (κ2) is 6.92. The lowest BCUT2D eigenvalue weighted by atomic mass is 9.71. The lowest BCUT2D eigenvalue weighted by Crippen LogP contribution is -2.47. The van der Waals surface area contributed by atoms with Crippen LogP contribution in [-0.2, 0) is 9.59 Å². The van der Waals surface area contributed by atoms with Crippen molar-refractivity contribution < 1.29 is 9.59 Å². The average Bonchev–Trinajstić information content (AvgIpc) is 2.90. The fourth-order valence-electron chi connectivity index (χ4n) is 3.21. The highest BCUT2D eigenvalue weighted by Gasteiger charge is 2.42. The third kappa shape index (κ3) is 3.71. The maximum atomic E-state index is 12.1. The van der Waals surface area contributed by atoms with E-state index >= 15 is 0 Å². The van der Waals surface area contributed by atoms with Gasteiger partial charge in [0.25, 0.3) is 0 Å². The number of amides is 2. The molecule has 2 amide bonds. The zero-order chi connectivity index (χ0) is 14.5. The van der Waals surface area contributed by atoms with E-state index in [-0.39, 0.29) is 17.7 Å². The zero-order valence-electron chi connectivity index (χ0n) is 12.5. The maximum Gasteiger partial charge on any atom is 0.224 e. The van der Waals surface area contributed by atoms with Gasteiger partial charge < -0.3 is 11.1 Å². The molecule has 3 N–H and O–H groups in total. The molecule has 0 spiro atoms. The Balaban J connectivity index is 2.75. The number of primary amides is 1. The monoisotopic (exact) mass is 268 g/mol. The van der Waals surface area contributed by atoms with Crippen LogP contribution in [0.1, 0.15) is 58.8 Å². The molecule has 0 aromatic heterocycles. The summed E-state index contributed by atoms with van der Waals surface area (Å²) in [6, 6.07) is 0. The molecule has 1 aliphatic carbocycles. The number of carbonyl (C=O) groups excluding carboxylic acids is 2. The van der Waals surface area contributed by atoms with Crippen molar-refractivity contribution >= 4 is 11.8 Å². The Kier molecular flexibility index (Phi) is 5.83. The molecular weight excluding hydrogens is 240 g/mol. The first-order valence-electron chi connectivity index (χ1n) is 7.47. The van der Waals surface area contributed by atoms with Gasteiger partial charge in [-0.05, 0) is 25.2 Å². The minimum Gasteiger partial charge on any atom is -0.369 e. The number of carbonyl (C=O) groups is 2. The van der Waals surface area contributed by atoms with Crippen LogP contribution in [0, 0.1) is 17.3 Å². The third-order valence-electron chi connectivity index (χ3n) is 4.97. The van der Waals surface area contributed by atoms with E-state index < -0.39 is 5.41 Å². The molecule has 0 aliphatic heterocycles. The minimum atomic E-state index is -0.737. The number of nitrogens with two attached hydrogens (primary N) is 1. The first kappa shape index (κ1) is 16.0. The lowest BCUT2D eigenvalue weighted by molar-refractivity contribution is -0.140. The Hall–Kier alpha value is -1.06. The van der Waals surface area contributed by atoms with Crippen molar-refractivity contribution in [1.82, 2.24) is 5.32 Å². The fraction of sp³-hybridized carbons (Fsp3) is 0.867. The number of rotatable bonds is 7. The van der Waals surface area contributed by atoms with E-state index in [1.54, 1.807) is 7.05 Å². The van der Waals surface area contributed by atoms with Crippen molar-refractivity contribution in [3.8, 4) is 0 Å². The largest absolute Gasteiger partial charge is 0.369 e. The molecule has 2 atom stereocenters. The van der Waals surface area contributed by atoms with Crippen molar-refractivity contribution in [1.29, 1.82) is 0 Å². The molecule has 4 heteroatoms. The van der Waals surface area contributed by atoms with Gasteiger partial charge in [-0.3, -0.25) is 9.59 Å². The van der Waals surface area contributed by atoms with Gasteiger partial charge >= 0.3 is 0 Å². The predicted molar refractivity (Wildman–Crippen MR) is 76.3 cm³/mol. The van der Waals surface area contributed by atoms with Crippen molar-refractivity contribution in [2.24, 2.45) is 23.0 Å². The van der Waals surface area contributed by atoms with Gasteiger partial charge in [-0.1, -0.05) is 39.5 Å². The highest BCUT2D eigenvalue weighted by molar-refractivity contribution is 5.89. The molecule has 4 nitrogen and oxygen atoms in total. The Morgan fingerprint density at radius 2 is 1.95 bits per heavy atom. The molecule has 1 aliphatic rings. The Bertz CT molecular complexity index is 324. The van der Waals surface area contributed by atoms with Crippen LogP contribution in [0.3, 0.4) is 0 Å². The van der Waals surface area contributed by atoms with Crippen LogP contribution in [0.25, 0.3) is 0 Å². The van der Waals surface area contributed by atoms with E-state index in [4.69, 9.17) is 5.73 Å². The van der Waals surface area contributed by atoms with E-state index in [2.05, 4.69) is 5.32 Å². The minimum absolute atomic E-state index is 0.0545. The molecular formula is C15H28N2O2. The number of nitrogens with one attached hydrogen (secondary N) is 1. The summed E-state index contributed by atoms with van der Waals surface area (Å²) in [5, 5.41) is 2.69. The van der Waals surface area contributed by atoms with Gasteiger partial charge in [-0.25, -0.2) is 0 Å². The summed E-state index contributed by atoms with van der Waals surface area (Å²) in [6.45, 7) is 3.75. The first-order valence-corrected chi connectivity index (χ1v) is 7.47. The molecule has 110 valence electrons. The van der Waals surface area contributed by atoms with Crippen molar-refractivity contribution in [3.63, 3.8) is 0 Å². The first-order chi connectivity index (χ1) is 8.95. The number of hydrogen-bond acceptors (Lipinski definition) is 2. The van der Waals surface area contributed by atoms with Gasteiger partial charge in [0.05, 0.1) is 11.3 Å². The van der Waals surface area contributed by atoms with Gasteiger partial charge in [0.1, 0.15) is 0 Å². The Morgan fingerprint density at radius 1 is 1.37 bits per heavy atom. The normalized spacial score (nSPS) is 20.8. The second-order valence-electron chi connectivity index (χ2n) is 6.03. The van der Waals surface area contributed by atoms with Crippen LogP contribution in [0.5, 0.6) is 0 Å². The fourth-order valence-corrected chi connectivity index (χ4v) is 3.21. The van der Waals surface area contributed by atoms with Crippen LogP contribution in [-0.4, -0.2) is 18.9 Å². The molecule has 1 fully saturated rings. The van der Waals surface area contributed by atoms with Crippen molar-refractivity contribution in [2.75, 3.05) is 7.05 Å². The van der Waals surface area contributed by atoms with Gasteiger partial charge in [-0.2, -0.15) is 0 Å². The van der Waals surface area contributed by atoms with Crippen LogP contribution in [0.15, 0.2) is 0 Å². The van der Waals surface area contributed by atoms with E-state index in [0.29, 0.717) is 6.42 Å². The van der Waals surface area contributed by atoms with Gasteiger partial charge in [0.15, 0.2) is 0 Å². The van der Waals surface area contributed by atoms with Crippen LogP contribution in [0.4, 0.5) is 0 Å². The quantitative estimate of drug-likeness (QED) is 0.743. The standard InChI is InChI=1S/C15H28N2O2/c1-4-15(2,14(16)19)12(13(18)17-3)10-9-11-7-5-6-8-11/h11-12H,4-10H2,1-3H3,(H2,16,19)(H,17,18)/t12-,15?/m0/s1. The zero-order valence-corrected chi connectivity index (χ0v) is 12.5. The highest BCUT2D eigenvalue weighted by Crippen LogP contribution is 2.37. The maximum absolute atomic E-state index is 12.1. The van der Waals surface area contributed by atoms with Crippen molar-refractivity contribution in [2.45, 2.75) is 58.8 Å². The summed E-state index contributed by atoms with van der Waals surface area (Å²) in [6.07, 6.45) is 7.52. The summed E-state index contributed by atoms with van der Waals surface area (Å²) in [7, 11) is 1.63. The van der Waals surface area contributed by atoms with Crippen LogP contribution < -0.4 is 11.1 Å². The van der Waals surface area contributed by atoms with E-state index in [9.17, 15) is 9.59 Å². The Morgan fingerprint density at radius 3 is 2.37 bits per heavy atom. The predicted octanol–water partition coefficient (Wildman–Crippen LogP) is 2.22. The van der Waals surface area contributed by atoms with Gasteiger partial charge in [0.2, 0.25) is 11.8 Å². The summed E-state index contributed by atoms with van der Waals surface area (Å²) in [4.78, 5) is 23.9. The molecule has 0 heterocycles. The molecule has 1 saturated carbocycles. The molecule has 0 aromatic rings. The molecule has 1 unspecified atom stereocenters. The second-order valence-corrected chi connectivity index (χ2v) is 6.03. The summed E-state index contributed by atoms with van der Waals surface area (Å²) < 4.78 is 0. The van der Waals surface area contributed by atoms with Crippen molar-refractivity contribution in [3.05, 3.63) is 0 Å². The Labute approximate surface area is 116 Å².